The Balaban J connectivity index is 2.12. The van der Waals surface area contributed by atoms with Gasteiger partial charge < -0.3 is 11.1 Å². The van der Waals surface area contributed by atoms with Gasteiger partial charge >= 0.3 is 0 Å². The molecule has 18 heavy (non-hydrogen) atoms. The van der Waals surface area contributed by atoms with Crippen LogP contribution in [0.2, 0.25) is 0 Å². The van der Waals surface area contributed by atoms with Crippen molar-refractivity contribution >= 4 is 23.2 Å². The summed E-state index contributed by atoms with van der Waals surface area (Å²) in [5, 5.41) is 6.86. The number of nitrogen functional groups attached to an aromatic ring is 1. The molecule has 5 nitrogen and oxygen atoms in total. The van der Waals surface area contributed by atoms with Crippen LogP contribution in [-0.4, -0.2) is 15.9 Å². The van der Waals surface area contributed by atoms with E-state index in [1.54, 1.807) is 24.3 Å². The molecule has 0 fully saturated rings. The lowest BCUT2D eigenvalue weighted by Crippen LogP contribution is -2.27. The fourth-order valence-electron chi connectivity index (χ4n) is 1.58. The van der Waals surface area contributed by atoms with Gasteiger partial charge in [-0.2, -0.15) is 11.3 Å². The average molecular weight is 262 g/mol. The summed E-state index contributed by atoms with van der Waals surface area (Å²) in [5.41, 5.74) is 7.57. The van der Waals surface area contributed by atoms with Crippen molar-refractivity contribution in [1.82, 2.24) is 15.3 Å². The Kier molecular flexibility index (Phi) is 3.57. The normalized spacial score (nSPS) is 12.1. The van der Waals surface area contributed by atoms with Gasteiger partial charge in [0.2, 0.25) is 5.95 Å². The largest absolute Gasteiger partial charge is 0.368 e. The predicted molar refractivity (Wildman–Crippen MR) is 71.4 cm³/mol. The van der Waals surface area contributed by atoms with Gasteiger partial charge in [-0.3, -0.25) is 4.79 Å². The molecule has 0 saturated carbocycles. The Morgan fingerprint density at radius 1 is 1.50 bits per heavy atom. The summed E-state index contributed by atoms with van der Waals surface area (Å²) in [4.78, 5) is 19.9. The number of amides is 1. The van der Waals surface area contributed by atoms with Crippen LogP contribution in [0.3, 0.4) is 0 Å². The molecule has 2 heterocycles. The molecule has 0 saturated heterocycles. The number of hydrogen-bond donors (Lipinski definition) is 2. The maximum Gasteiger partial charge on any atom is 0.270 e. The zero-order chi connectivity index (χ0) is 13.1. The molecule has 2 aromatic rings. The van der Waals surface area contributed by atoms with Gasteiger partial charge in [0.25, 0.3) is 5.91 Å². The molecule has 0 aliphatic heterocycles. The molecular formula is C12H14N4OS. The van der Waals surface area contributed by atoms with Crippen LogP contribution in [0, 0.1) is 6.92 Å². The number of rotatable bonds is 3. The van der Waals surface area contributed by atoms with E-state index in [9.17, 15) is 4.79 Å². The maximum absolute atomic E-state index is 12.0. The molecule has 0 spiro atoms. The molecule has 0 bridgehead atoms. The summed E-state index contributed by atoms with van der Waals surface area (Å²) in [5.74, 6) is -0.130. The summed E-state index contributed by atoms with van der Waals surface area (Å²) in [6.07, 6.45) is 0. The molecule has 2 aromatic heterocycles. The number of nitrogens with zero attached hydrogens (tertiary/aromatic N) is 2. The first-order valence-corrected chi connectivity index (χ1v) is 6.44. The van der Waals surface area contributed by atoms with Crippen molar-refractivity contribution < 1.29 is 4.79 Å². The second-order valence-corrected chi connectivity index (χ2v) is 4.78. The molecule has 94 valence electrons. The number of thiophene rings is 1. The lowest BCUT2D eigenvalue weighted by molar-refractivity contribution is 0.0934. The van der Waals surface area contributed by atoms with Crippen LogP contribution in [0.15, 0.2) is 22.9 Å². The Morgan fingerprint density at radius 2 is 2.28 bits per heavy atom. The van der Waals surface area contributed by atoms with Crippen LogP contribution in [-0.2, 0) is 0 Å². The number of anilines is 1. The highest BCUT2D eigenvalue weighted by Crippen LogP contribution is 2.16. The number of aryl methyl sites for hydroxylation is 1. The molecule has 0 aliphatic rings. The van der Waals surface area contributed by atoms with Crippen molar-refractivity contribution in [3.63, 3.8) is 0 Å². The fraction of sp³-hybridized carbons (Fsp3) is 0.250. The van der Waals surface area contributed by atoms with Crippen molar-refractivity contribution in [1.29, 1.82) is 0 Å². The monoisotopic (exact) mass is 262 g/mol. The standard InChI is InChI=1S/C12H14N4OS/c1-7-5-10(16-12(13)14-7)11(17)15-8(2)9-3-4-18-6-9/h3-6,8H,1-2H3,(H,15,17)(H2,13,14,16). The number of nitrogens with two attached hydrogens (primary N) is 1. The van der Waals surface area contributed by atoms with Gasteiger partial charge in [-0.05, 0) is 42.3 Å². The van der Waals surface area contributed by atoms with Crippen LogP contribution in [0.25, 0.3) is 0 Å². The zero-order valence-corrected chi connectivity index (χ0v) is 11.0. The highest BCUT2D eigenvalue weighted by molar-refractivity contribution is 7.07. The lowest BCUT2D eigenvalue weighted by atomic mass is 10.2. The van der Waals surface area contributed by atoms with E-state index < -0.39 is 0 Å². The van der Waals surface area contributed by atoms with Crippen LogP contribution in [0.1, 0.15) is 34.7 Å². The number of nitrogens with one attached hydrogen (secondary N) is 1. The SMILES string of the molecule is Cc1cc(C(=O)NC(C)c2ccsc2)nc(N)n1. The van der Waals surface area contributed by atoms with Gasteiger partial charge in [0.05, 0.1) is 6.04 Å². The van der Waals surface area contributed by atoms with Crippen molar-refractivity contribution in [3.8, 4) is 0 Å². The Bertz CT molecular complexity index is 533. The first-order valence-electron chi connectivity index (χ1n) is 5.50. The molecule has 1 amide bonds. The third kappa shape index (κ3) is 2.84. The molecular weight excluding hydrogens is 248 g/mol. The summed E-state index contributed by atoms with van der Waals surface area (Å²) in [6, 6.07) is 3.54. The van der Waals surface area contributed by atoms with E-state index in [2.05, 4.69) is 15.3 Å². The quantitative estimate of drug-likeness (QED) is 0.885. The van der Waals surface area contributed by atoms with Crippen molar-refractivity contribution in [2.75, 3.05) is 5.73 Å². The highest BCUT2D eigenvalue weighted by Gasteiger charge is 2.13. The maximum atomic E-state index is 12.0. The van der Waals surface area contributed by atoms with E-state index in [1.807, 2.05) is 23.8 Å². The van der Waals surface area contributed by atoms with Gasteiger partial charge in [-0.15, -0.1) is 0 Å². The van der Waals surface area contributed by atoms with Gasteiger partial charge in [0.1, 0.15) is 5.69 Å². The third-order valence-corrected chi connectivity index (χ3v) is 3.20. The Morgan fingerprint density at radius 3 is 2.89 bits per heavy atom. The van der Waals surface area contributed by atoms with Crippen molar-refractivity contribution in [3.05, 3.63) is 39.8 Å². The smallest absolute Gasteiger partial charge is 0.270 e. The average Bonchev–Trinajstić information content (AvgIpc) is 2.80. The fourth-order valence-corrected chi connectivity index (χ4v) is 2.34. The van der Waals surface area contributed by atoms with E-state index in [1.165, 1.54) is 0 Å². The van der Waals surface area contributed by atoms with Gasteiger partial charge in [0.15, 0.2) is 0 Å². The molecule has 0 radical (unpaired) electrons. The van der Waals surface area contributed by atoms with Crippen molar-refractivity contribution in [2.24, 2.45) is 0 Å². The molecule has 0 aromatic carbocycles. The molecule has 1 unspecified atom stereocenters. The summed E-state index contributed by atoms with van der Waals surface area (Å²) >= 11 is 1.60. The summed E-state index contributed by atoms with van der Waals surface area (Å²) in [7, 11) is 0. The van der Waals surface area contributed by atoms with Gasteiger partial charge in [-0.1, -0.05) is 0 Å². The second kappa shape index (κ2) is 5.14. The van der Waals surface area contributed by atoms with Gasteiger partial charge in [-0.25, -0.2) is 9.97 Å². The number of carbonyl (C=O) groups excluding carboxylic acids is 1. The summed E-state index contributed by atoms with van der Waals surface area (Å²) < 4.78 is 0. The summed E-state index contributed by atoms with van der Waals surface area (Å²) in [6.45, 7) is 3.70. The highest BCUT2D eigenvalue weighted by atomic mass is 32.1. The molecule has 2 rings (SSSR count). The minimum Gasteiger partial charge on any atom is -0.368 e. The van der Waals surface area contributed by atoms with Crippen LogP contribution in [0.5, 0.6) is 0 Å². The molecule has 3 N–H and O–H groups in total. The topological polar surface area (TPSA) is 80.9 Å². The zero-order valence-electron chi connectivity index (χ0n) is 10.2. The van der Waals surface area contributed by atoms with Crippen LogP contribution >= 0.6 is 11.3 Å². The van der Waals surface area contributed by atoms with E-state index in [0.717, 1.165) is 5.56 Å². The number of aromatic nitrogens is 2. The van der Waals surface area contributed by atoms with Crippen molar-refractivity contribution in [2.45, 2.75) is 19.9 Å². The minimum atomic E-state index is -0.245. The van der Waals surface area contributed by atoms with E-state index >= 15 is 0 Å². The Labute approximate surface area is 109 Å². The molecule has 0 aliphatic carbocycles. The lowest BCUT2D eigenvalue weighted by Gasteiger charge is -2.12. The van der Waals surface area contributed by atoms with E-state index in [4.69, 9.17) is 5.73 Å². The van der Waals surface area contributed by atoms with Crippen LogP contribution < -0.4 is 11.1 Å². The minimum absolute atomic E-state index is 0.0553. The second-order valence-electron chi connectivity index (χ2n) is 4.00. The van der Waals surface area contributed by atoms with E-state index in [0.29, 0.717) is 11.4 Å². The predicted octanol–water partition coefficient (Wildman–Crippen LogP) is 1.92. The molecule has 6 heteroatoms. The Hall–Kier alpha value is -1.95. The van der Waals surface area contributed by atoms with E-state index in [-0.39, 0.29) is 17.9 Å². The van der Waals surface area contributed by atoms with Gasteiger partial charge in [0, 0.05) is 5.69 Å². The first-order chi connectivity index (χ1) is 8.56. The first kappa shape index (κ1) is 12.5. The third-order valence-electron chi connectivity index (χ3n) is 2.49. The van der Waals surface area contributed by atoms with Crippen LogP contribution in [0.4, 0.5) is 5.95 Å². The number of hydrogen-bond acceptors (Lipinski definition) is 5. The molecule has 1 atom stereocenters. The number of carbonyl (C=O) groups is 1.